The van der Waals surface area contributed by atoms with Crippen LogP contribution in [0.15, 0.2) is 54.6 Å². The van der Waals surface area contributed by atoms with Crippen LogP contribution in [0.3, 0.4) is 0 Å². The third-order valence-electron chi connectivity index (χ3n) is 3.85. The number of nitrogens with two attached hydrogens (primary N) is 1. The molecule has 4 heteroatoms. The molecule has 2 atom stereocenters. The number of halogens is 1. The Hall–Kier alpha value is -1.84. The minimum atomic E-state index is 0. The van der Waals surface area contributed by atoms with Gasteiger partial charge < -0.3 is 10.6 Å². The summed E-state index contributed by atoms with van der Waals surface area (Å²) in [6.07, 6.45) is 1.02. The molecule has 0 saturated heterocycles. The van der Waals surface area contributed by atoms with Gasteiger partial charge in [-0.1, -0.05) is 30.3 Å². The van der Waals surface area contributed by atoms with E-state index in [9.17, 15) is 4.79 Å². The number of rotatable bonds is 3. The van der Waals surface area contributed by atoms with Crippen molar-refractivity contribution in [3.63, 3.8) is 0 Å². The van der Waals surface area contributed by atoms with Gasteiger partial charge >= 0.3 is 0 Å². The molecule has 3 nitrogen and oxygen atoms in total. The maximum Gasteiger partial charge on any atom is 0.258 e. The van der Waals surface area contributed by atoms with Crippen LogP contribution in [0.2, 0.25) is 0 Å². The summed E-state index contributed by atoms with van der Waals surface area (Å²) in [6.45, 7) is 0. The van der Waals surface area contributed by atoms with E-state index in [1.165, 1.54) is 5.56 Å². The Labute approximate surface area is 131 Å². The average Bonchev–Trinajstić information content (AvgIpc) is 3.24. The third-order valence-corrected chi connectivity index (χ3v) is 3.85. The van der Waals surface area contributed by atoms with Gasteiger partial charge in [-0.2, -0.15) is 0 Å². The largest absolute Gasteiger partial charge is 0.327 e. The van der Waals surface area contributed by atoms with Crippen molar-refractivity contribution in [2.75, 3.05) is 11.9 Å². The van der Waals surface area contributed by atoms with E-state index < -0.39 is 0 Å². The summed E-state index contributed by atoms with van der Waals surface area (Å²) >= 11 is 0. The van der Waals surface area contributed by atoms with Crippen LogP contribution in [0.4, 0.5) is 5.69 Å². The zero-order valence-electron chi connectivity index (χ0n) is 11.9. The summed E-state index contributed by atoms with van der Waals surface area (Å²) < 4.78 is 0. The number of carbonyl (C=O) groups excluding carboxylic acids is 1. The number of carbonyl (C=O) groups is 1. The minimum Gasteiger partial charge on any atom is -0.327 e. The molecule has 1 aliphatic carbocycles. The van der Waals surface area contributed by atoms with Gasteiger partial charge in [0.15, 0.2) is 0 Å². The number of anilines is 1. The van der Waals surface area contributed by atoms with Crippen LogP contribution in [-0.4, -0.2) is 19.0 Å². The second kappa shape index (κ2) is 6.29. The quantitative estimate of drug-likeness (QED) is 0.946. The number of hydrogen-bond acceptors (Lipinski definition) is 2. The Morgan fingerprint density at radius 3 is 2.43 bits per heavy atom. The lowest BCUT2D eigenvalue weighted by Gasteiger charge is -2.17. The highest BCUT2D eigenvalue weighted by Gasteiger charge is 2.35. The molecule has 21 heavy (non-hydrogen) atoms. The Morgan fingerprint density at radius 2 is 1.81 bits per heavy atom. The van der Waals surface area contributed by atoms with Crippen LogP contribution < -0.4 is 10.6 Å². The monoisotopic (exact) mass is 302 g/mol. The van der Waals surface area contributed by atoms with Crippen LogP contribution in [0.25, 0.3) is 0 Å². The molecule has 2 N–H and O–H groups in total. The van der Waals surface area contributed by atoms with Crippen LogP contribution in [-0.2, 0) is 0 Å². The zero-order valence-corrected chi connectivity index (χ0v) is 12.7. The van der Waals surface area contributed by atoms with Crippen molar-refractivity contribution in [1.29, 1.82) is 0 Å². The van der Waals surface area contributed by atoms with E-state index in [0.717, 1.165) is 12.1 Å². The van der Waals surface area contributed by atoms with Gasteiger partial charge in [0.1, 0.15) is 0 Å². The fourth-order valence-corrected chi connectivity index (χ4v) is 2.46. The van der Waals surface area contributed by atoms with Crippen molar-refractivity contribution >= 4 is 24.0 Å². The average molecular weight is 303 g/mol. The molecule has 0 spiro atoms. The van der Waals surface area contributed by atoms with Crippen molar-refractivity contribution in [1.82, 2.24) is 0 Å². The van der Waals surface area contributed by atoms with Crippen LogP contribution >= 0.6 is 12.4 Å². The van der Waals surface area contributed by atoms with Gasteiger partial charge in [0.05, 0.1) is 0 Å². The first-order valence-electron chi connectivity index (χ1n) is 6.85. The van der Waals surface area contributed by atoms with Gasteiger partial charge in [0.2, 0.25) is 0 Å². The van der Waals surface area contributed by atoms with Gasteiger partial charge in [-0.15, -0.1) is 12.4 Å². The lowest BCUT2D eigenvalue weighted by molar-refractivity contribution is 0.0993. The second-order valence-corrected chi connectivity index (χ2v) is 5.33. The van der Waals surface area contributed by atoms with Crippen molar-refractivity contribution in [2.45, 2.75) is 18.4 Å². The van der Waals surface area contributed by atoms with Crippen LogP contribution in [0.1, 0.15) is 28.3 Å². The van der Waals surface area contributed by atoms with Crippen molar-refractivity contribution < 1.29 is 4.79 Å². The molecule has 110 valence electrons. The van der Waals surface area contributed by atoms with Crippen molar-refractivity contribution in [3.05, 3.63) is 65.7 Å². The predicted molar refractivity (Wildman–Crippen MR) is 88.2 cm³/mol. The van der Waals surface area contributed by atoms with Crippen molar-refractivity contribution in [3.8, 4) is 0 Å². The first-order valence-corrected chi connectivity index (χ1v) is 6.85. The van der Waals surface area contributed by atoms with E-state index in [0.29, 0.717) is 11.5 Å². The van der Waals surface area contributed by atoms with Crippen molar-refractivity contribution in [2.24, 2.45) is 5.73 Å². The lowest BCUT2D eigenvalue weighted by atomic mass is 10.1. The molecule has 1 aliphatic rings. The fraction of sp³-hybridized carbons (Fsp3) is 0.235. The number of amides is 1. The summed E-state index contributed by atoms with van der Waals surface area (Å²) in [5.74, 6) is 0.428. The predicted octanol–water partition coefficient (Wildman–Crippen LogP) is 3.20. The molecule has 1 saturated carbocycles. The van der Waals surface area contributed by atoms with Gasteiger partial charge in [-0.25, -0.2) is 0 Å². The molecule has 1 fully saturated rings. The molecule has 0 radical (unpaired) electrons. The molecule has 2 aromatic carbocycles. The topological polar surface area (TPSA) is 46.3 Å². The van der Waals surface area contributed by atoms with Gasteiger partial charge in [-0.05, 0) is 36.2 Å². The maximum atomic E-state index is 12.5. The third kappa shape index (κ3) is 3.26. The fourth-order valence-electron chi connectivity index (χ4n) is 2.46. The highest BCUT2D eigenvalue weighted by atomic mass is 35.5. The molecule has 1 amide bonds. The van der Waals surface area contributed by atoms with E-state index in [1.807, 2.05) is 48.5 Å². The van der Waals surface area contributed by atoms with Crippen LogP contribution in [0, 0.1) is 0 Å². The molecule has 3 rings (SSSR count). The number of nitrogens with zero attached hydrogens (tertiary/aromatic N) is 1. The highest BCUT2D eigenvalue weighted by molar-refractivity contribution is 6.05. The summed E-state index contributed by atoms with van der Waals surface area (Å²) in [5.41, 5.74) is 8.66. The van der Waals surface area contributed by atoms with E-state index >= 15 is 0 Å². The van der Waals surface area contributed by atoms with Crippen LogP contribution in [0.5, 0.6) is 0 Å². The minimum absolute atomic E-state index is 0. The molecule has 0 heterocycles. The Morgan fingerprint density at radius 1 is 1.14 bits per heavy atom. The SMILES string of the molecule is CN(C(=O)c1cccc([C@@H]2C[C@H]2N)c1)c1ccccc1.Cl. The standard InChI is InChI=1S/C17H18N2O.ClH/c1-19(14-8-3-2-4-9-14)17(20)13-7-5-6-12(10-13)15-11-16(15)18;/h2-10,15-16H,11,18H2,1H3;1H/t15-,16+;/m0./s1. The molecular weight excluding hydrogens is 284 g/mol. The zero-order chi connectivity index (χ0) is 14.1. The second-order valence-electron chi connectivity index (χ2n) is 5.33. The Bertz CT molecular complexity index is 630. The molecule has 0 aromatic heterocycles. The highest BCUT2D eigenvalue weighted by Crippen LogP contribution is 2.39. The van der Waals surface area contributed by atoms with Gasteiger partial charge in [-0.3, -0.25) is 4.79 Å². The van der Waals surface area contributed by atoms with E-state index in [2.05, 4.69) is 6.07 Å². The van der Waals surface area contributed by atoms with Gasteiger partial charge in [0, 0.05) is 30.3 Å². The maximum absolute atomic E-state index is 12.5. The molecule has 0 aliphatic heterocycles. The summed E-state index contributed by atoms with van der Waals surface area (Å²) in [7, 11) is 1.80. The first-order chi connectivity index (χ1) is 9.66. The number of benzene rings is 2. The summed E-state index contributed by atoms with van der Waals surface area (Å²) in [6, 6.07) is 17.7. The Balaban J connectivity index is 0.00000161. The van der Waals surface area contributed by atoms with Gasteiger partial charge in [0.25, 0.3) is 5.91 Å². The van der Waals surface area contributed by atoms with E-state index in [1.54, 1.807) is 11.9 Å². The first kappa shape index (κ1) is 15.5. The number of para-hydroxylation sites is 1. The molecular formula is C17H19ClN2O. The summed E-state index contributed by atoms with van der Waals surface area (Å²) in [5, 5.41) is 0. The van der Waals surface area contributed by atoms with E-state index in [-0.39, 0.29) is 24.4 Å². The van der Waals surface area contributed by atoms with E-state index in [4.69, 9.17) is 5.73 Å². The molecule has 2 aromatic rings. The smallest absolute Gasteiger partial charge is 0.258 e. The number of hydrogen-bond donors (Lipinski definition) is 1. The molecule has 0 unspecified atom stereocenters. The molecule has 0 bridgehead atoms. The summed E-state index contributed by atoms with van der Waals surface area (Å²) in [4.78, 5) is 14.2. The normalized spacial score (nSPS) is 19.5. The Kier molecular flexibility index (Phi) is 4.66. The lowest BCUT2D eigenvalue weighted by Crippen LogP contribution is -2.26.